The van der Waals surface area contributed by atoms with Crippen molar-refractivity contribution in [2.75, 3.05) is 0 Å². The first kappa shape index (κ1) is 21.3. The highest BCUT2D eigenvalue weighted by Gasteiger charge is 2.11. The lowest BCUT2D eigenvalue weighted by molar-refractivity contribution is 0.0929. The van der Waals surface area contributed by atoms with E-state index in [0.29, 0.717) is 17.9 Å². The number of amides is 1. The smallest absolute Gasteiger partial charge is 0.307 e. The second-order valence-corrected chi connectivity index (χ2v) is 8.37. The number of halogens is 3. The molecule has 0 unspecified atom stereocenters. The highest BCUT2D eigenvalue weighted by atomic mass is 79.9. The van der Waals surface area contributed by atoms with Gasteiger partial charge in [0.2, 0.25) is 0 Å². The van der Waals surface area contributed by atoms with E-state index in [-0.39, 0.29) is 11.6 Å². The molecule has 0 fully saturated rings. The van der Waals surface area contributed by atoms with Crippen LogP contribution in [0.4, 0.5) is 4.39 Å². The van der Waals surface area contributed by atoms with E-state index < -0.39 is 5.91 Å². The van der Waals surface area contributed by atoms with Crippen molar-refractivity contribution >= 4 is 55.0 Å². The normalized spacial score (nSPS) is 11.2. The molecule has 0 atom stereocenters. The molecule has 0 bridgehead atoms. The maximum Gasteiger partial charge on any atom is 0.307 e. The van der Waals surface area contributed by atoms with Crippen LogP contribution in [0, 0.1) is 5.82 Å². The minimum atomic E-state index is -0.443. The van der Waals surface area contributed by atoms with E-state index in [4.69, 9.17) is 9.15 Å². The van der Waals surface area contributed by atoms with Crippen LogP contribution in [0.1, 0.15) is 21.7 Å². The standard InChI is InChI=1S/C23H15Br2FN2O3/c24-17-4-8-20-16(10-17)11-22(31-20)23(29)28-27-12-15-3-7-21(19(25)9-15)30-13-14-1-5-18(26)6-2-14/h1-12H,13H2,(H,28,29)/b27-12+. The zero-order valence-corrected chi connectivity index (χ0v) is 19.1. The Kier molecular flexibility index (Phi) is 6.48. The summed E-state index contributed by atoms with van der Waals surface area (Å²) in [7, 11) is 0. The molecule has 1 heterocycles. The first-order chi connectivity index (χ1) is 15.0. The number of carbonyl (C=O) groups excluding carboxylic acids is 1. The number of benzene rings is 3. The quantitative estimate of drug-likeness (QED) is 0.224. The molecule has 1 amide bonds. The van der Waals surface area contributed by atoms with Gasteiger partial charge in [-0.15, -0.1) is 0 Å². The largest absolute Gasteiger partial charge is 0.488 e. The molecule has 0 spiro atoms. The van der Waals surface area contributed by atoms with E-state index >= 15 is 0 Å². The summed E-state index contributed by atoms with van der Waals surface area (Å²) < 4.78 is 25.9. The third-order valence-corrected chi connectivity index (χ3v) is 5.46. The molecule has 0 saturated heterocycles. The molecule has 5 nitrogen and oxygen atoms in total. The predicted octanol–water partition coefficient (Wildman–Crippen LogP) is 6.44. The molecule has 0 aliphatic heterocycles. The van der Waals surface area contributed by atoms with Gasteiger partial charge in [-0.1, -0.05) is 28.1 Å². The molecule has 31 heavy (non-hydrogen) atoms. The van der Waals surface area contributed by atoms with Crippen LogP contribution in [0.2, 0.25) is 0 Å². The van der Waals surface area contributed by atoms with Gasteiger partial charge in [-0.2, -0.15) is 5.10 Å². The maximum atomic E-state index is 13.0. The zero-order valence-electron chi connectivity index (χ0n) is 15.9. The Bertz CT molecular complexity index is 1270. The summed E-state index contributed by atoms with van der Waals surface area (Å²) in [6, 6.07) is 18.7. The summed E-state index contributed by atoms with van der Waals surface area (Å²) in [5.41, 5.74) is 4.70. The first-order valence-electron chi connectivity index (χ1n) is 9.17. The summed E-state index contributed by atoms with van der Waals surface area (Å²) in [5.74, 6) is 0.0888. The summed E-state index contributed by atoms with van der Waals surface area (Å²) >= 11 is 6.85. The molecule has 8 heteroatoms. The SMILES string of the molecule is O=C(N/N=C/c1ccc(OCc2ccc(F)cc2)c(Br)c1)c1cc2cc(Br)ccc2o1. The van der Waals surface area contributed by atoms with Gasteiger partial charge in [0.1, 0.15) is 23.8 Å². The fraction of sp³-hybridized carbons (Fsp3) is 0.0435. The molecule has 0 aliphatic rings. The molecular weight excluding hydrogens is 531 g/mol. The van der Waals surface area contributed by atoms with Crippen LogP contribution in [0.15, 0.2) is 85.2 Å². The number of nitrogens with zero attached hydrogens (tertiary/aromatic N) is 1. The lowest BCUT2D eigenvalue weighted by Crippen LogP contribution is -2.16. The van der Waals surface area contributed by atoms with Crippen LogP contribution >= 0.6 is 31.9 Å². The number of carbonyl (C=O) groups is 1. The van der Waals surface area contributed by atoms with Crippen molar-refractivity contribution in [2.24, 2.45) is 5.10 Å². The van der Waals surface area contributed by atoms with Crippen molar-refractivity contribution in [3.63, 3.8) is 0 Å². The monoisotopic (exact) mass is 544 g/mol. The Hall–Kier alpha value is -2.97. The van der Waals surface area contributed by atoms with Crippen LogP contribution in [0.3, 0.4) is 0 Å². The number of hydrogen-bond acceptors (Lipinski definition) is 4. The third kappa shape index (κ3) is 5.39. The zero-order chi connectivity index (χ0) is 21.8. The van der Waals surface area contributed by atoms with Crippen molar-refractivity contribution < 1.29 is 18.3 Å². The van der Waals surface area contributed by atoms with Gasteiger partial charge in [0.15, 0.2) is 5.76 Å². The summed E-state index contributed by atoms with van der Waals surface area (Å²) in [5, 5.41) is 4.81. The summed E-state index contributed by atoms with van der Waals surface area (Å²) in [6.45, 7) is 0.316. The van der Waals surface area contributed by atoms with Gasteiger partial charge in [0, 0.05) is 9.86 Å². The average Bonchev–Trinajstić information content (AvgIpc) is 3.17. The molecule has 3 aromatic carbocycles. The van der Waals surface area contributed by atoms with Gasteiger partial charge in [-0.05, 0) is 81.7 Å². The number of fused-ring (bicyclic) bond motifs is 1. The number of furan rings is 1. The number of hydrogen-bond donors (Lipinski definition) is 1. The Morgan fingerprint density at radius 3 is 2.65 bits per heavy atom. The van der Waals surface area contributed by atoms with Crippen LogP contribution in [-0.4, -0.2) is 12.1 Å². The van der Waals surface area contributed by atoms with Crippen LogP contribution < -0.4 is 10.2 Å². The molecule has 0 aliphatic carbocycles. The van der Waals surface area contributed by atoms with Crippen LogP contribution in [0.25, 0.3) is 11.0 Å². The third-order valence-electron chi connectivity index (χ3n) is 4.35. The Morgan fingerprint density at radius 1 is 1.06 bits per heavy atom. The van der Waals surface area contributed by atoms with Crippen molar-refractivity contribution in [2.45, 2.75) is 6.61 Å². The van der Waals surface area contributed by atoms with Gasteiger partial charge in [0.05, 0.1) is 10.7 Å². The molecular formula is C23H15Br2FN2O3. The number of ether oxygens (including phenoxy) is 1. The number of rotatable bonds is 6. The minimum Gasteiger partial charge on any atom is -0.488 e. The van der Waals surface area contributed by atoms with Crippen molar-refractivity contribution in [3.05, 3.63) is 98.4 Å². The van der Waals surface area contributed by atoms with E-state index in [0.717, 1.165) is 25.5 Å². The highest BCUT2D eigenvalue weighted by Crippen LogP contribution is 2.26. The maximum absolute atomic E-state index is 13.0. The lowest BCUT2D eigenvalue weighted by atomic mass is 10.2. The number of hydrazone groups is 1. The summed E-state index contributed by atoms with van der Waals surface area (Å²) in [4.78, 5) is 12.3. The van der Waals surface area contributed by atoms with Crippen molar-refractivity contribution in [1.82, 2.24) is 5.43 Å². The van der Waals surface area contributed by atoms with Gasteiger partial charge >= 0.3 is 5.91 Å². The fourth-order valence-electron chi connectivity index (χ4n) is 2.80. The van der Waals surface area contributed by atoms with Crippen molar-refractivity contribution in [1.29, 1.82) is 0 Å². The predicted molar refractivity (Wildman–Crippen MR) is 124 cm³/mol. The van der Waals surface area contributed by atoms with Crippen LogP contribution in [-0.2, 0) is 6.61 Å². The second kappa shape index (κ2) is 9.45. The molecule has 0 radical (unpaired) electrons. The van der Waals surface area contributed by atoms with E-state index in [2.05, 4.69) is 42.4 Å². The average molecular weight is 546 g/mol. The molecule has 4 rings (SSSR count). The van der Waals surface area contributed by atoms with E-state index in [1.54, 1.807) is 36.4 Å². The fourth-order valence-corrected chi connectivity index (χ4v) is 3.69. The van der Waals surface area contributed by atoms with E-state index in [1.165, 1.54) is 18.3 Å². The highest BCUT2D eigenvalue weighted by molar-refractivity contribution is 9.10. The van der Waals surface area contributed by atoms with Gasteiger partial charge in [-0.25, -0.2) is 9.82 Å². The first-order valence-corrected chi connectivity index (χ1v) is 10.8. The van der Waals surface area contributed by atoms with Gasteiger partial charge < -0.3 is 9.15 Å². The Morgan fingerprint density at radius 2 is 1.87 bits per heavy atom. The topological polar surface area (TPSA) is 63.8 Å². The Labute approximate surface area is 194 Å². The molecule has 1 aromatic heterocycles. The van der Waals surface area contributed by atoms with Crippen LogP contribution in [0.5, 0.6) is 5.75 Å². The second-order valence-electron chi connectivity index (χ2n) is 6.60. The number of nitrogens with one attached hydrogen (secondary N) is 1. The molecule has 4 aromatic rings. The van der Waals surface area contributed by atoms with E-state index in [9.17, 15) is 9.18 Å². The van der Waals surface area contributed by atoms with Crippen molar-refractivity contribution in [3.8, 4) is 5.75 Å². The summed E-state index contributed by atoms with van der Waals surface area (Å²) in [6.07, 6.45) is 1.52. The molecule has 1 N–H and O–H groups in total. The minimum absolute atomic E-state index is 0.177. The Balaban J connectivity index is 1.36. The lowest BCUT2D eigenvalue weighted by Gasteiger charge is -2.09. The van der Waals surface area contributed by atoms with Gasteiger partial charge in [0.25, 0.3) is 0 Å². The molecule has 0 saturated carbocycles. The van der Waals surface area contributed by atoms with Gasteiger partial charge in [-0.3, -0.25) is 4.79 Å². The molecule has 156 valence electrons. The van der Waals surface area contributed by atoms with E-state index in [1.807, 2.05) is 18.2 Å².